The van der Waals surface area contributed by atoms with Gasteiger partial charge in [0.25, 0.3) is 11.6 Å². The first-order valence-corrected chi connectivity index (χ1v) is 7.13. The third-order valence-corrected chi connectivity index (χ3v) is 3.38. The summed E-state index contributed by atoms with van der Waals surface area (Å²) in [5.74, 6) is 5.29. The molecule has 0 aromatic heterocycles. The van der Waals surface area contributed by atoms with Crippen LogP contribution in [0.15, 0.2) is 42.5 Å². The van der Waals surface area contributed by atoms with Crippen LogP contribution < -0.4 is 5.32 Å². The number of benzene rings is 2. The maximum absolute atomic E-state index is 12.1. The molecule has 2 rings (SSSR count). The van der Waals surface area contributed by atoms with Crippen molar-refractivity contribution < 1.29 is 9.72 Å². The van der Waals surface area contributed by atoms with E-state index in [0.717, 1.165) is 5.56 Å². The molecule has 0 spiro atoms. The van der Waals surface area contributed by atoms with Gasteiger partial charge in [-0.3, -0.25) is 14.9 Å². The summed E-state index contributed by atoms with van der Waals surface area (Å²) in [6.07, 6.45) is 0. The highest BCUT2D eigenvalue weighted by molar-refractivity contribution is 6.30. The van der Waals surface area contributed by atoms with Gasteiger partial charge in [-0.2, -0.15) is 0 Å². The summed E-state index contributed by atoms with van der Waals surface area (Å²) < 4.78 is 0. The van der Waals surface area contributed by atoms with Gasteiger partial charge in [-0.15, -0.1) is 0 Å². The van der Waals surface area contributed by atoms with Gasteiger partial charge in [0.05, 0.1) is 11.5 Å². The van der Waals surface area contributed by atoms with E-state index in [4.69, 9.17) is 11.6 Å². The molecule has 0 aliphatic heterocycles. The SMILES string of the molecule is Cc1c(C(=O)NCC#Cc2cccc(Cl)c2)cccc1[N+](=O)[O-]. The van der Waals surface area contributed by atoms with Crippen molar-refractivity contribution in [3.05, 3.63) is 74.3 Å². The molecule has 0 saturated heterocycles. The lowest BCUT2D eigenvalue weighted by Gasteiger charge is -2.05. The number of halogens is 1. The summed E-state index contributed by atoms with van der Waals surface area (Å²) in [5.41, 5.74) is 1.27. The summed E-state index contributed by atoms with van der Waals surface area (Å²) >= 11 is 5.85. The number of amides is 1. The van der Waals surface area contributed by atoms with Crippen molar-refractivity contribution in [1.82, 2.24) is 5.32 Å². The van der Waals surface area contributed by atoms with Crippen molar-refractivity contribution in [3.63, 3.8) is 0 Å². The number of carbonyl (C=O) groups is 1. The Kier molecular flexibility index (Phi) is 5.34. The summed E-state index contributed by atoms with van der Waals surface area (Å²) in [6, 6.07) is 11.5. The summed E-state index contributed by atoms with van der Waals surface area (Å²) in [4.78, 5) is 22.5. The van der Waals surface area contributed by atoms with Crippen LogP contribution in [0.5, 0.6) is 0 Å². The largest absolute Gasteiger partial charge is 0.341 e. The number of nitrogens with zero attached hydrogens (tertiary/aromatic N) is 1. The highest BCUT2D eigenvalue weighted by Crippen LogP contribution is 2.20. The average molecular weight is 329 g/mol. The summed E-state index contributed by atoms with van der Waals surface area (Å²) in [5, 5.41) is 14.1. The molecular weight excluding hydrogens is 316 g/mol. The minimum atomic E-state index is -0.509. The molecule has 1 amide bonds. The second-order valence-electron chi connectivity index (χ2n) is 4.70. The predicted molar refractivity (Wildman–Crippen MR) is 88.5 cm³/mol. The monoisotopic (exact) mass is 328 g/mol. The van der Waals surface area contributed by atoms with Gasteiger partial charge in [-0.1, -0.05) is 35.6 Å². The minimum absolute atomic E-state index is 0.0809. The molecule has 23 heavy (non-hydrogen) atoms. The van der Waals surface area contributed by atoms with Crippen molar-refractivity contribution in [1.29, 1.82) is 0 Å². The average Bonchev–Trinajstić information content (AvgIpc) is 2.51. The van der Waals surface area contributed by atoms with Crippen LogP contribution in [0.3, 0.4) is 0 Å². The lowest BCUT2D eigenvalue weighted by atomic mass is 10.1. The number of hydrogen-bond donors (Lipinski definition) is 1. The van der Waals surface area contributed by atoms with Crippen molar-refractivity contribution in [3.8, 4) is 11.8 Å². The zero-order chi connectivity index (χ0) is 16.8. The quantitative estimate of drug-likeness (QED) is 0.533. The number of nitrogens with one attached hydrogen (secondary N) is 1. The molecule has 6 heteroatoms. The normalized spacial score (nSPS) is 9.65. The van der Waals surface area contributed by atoms with Crippen LogP contribution >= 0.6 is 11.6 Å². The lowest BCUT2D eigenvalue weighted by molar-refractivity contribution is -0.385. The maximum Gasteiger partial charge on any atom is 0.273 e. The lowest BCUT2D eigenvalue weighted by Crippen LogP contribution is -2.24. The van der Waals surface area contributed by atoms with Gasteiger partial charge in [0.15, 0.2) is 0 Å². The van der Waals surface area contributed by atoms with E-state index >= 15 is 0 Å². The molecule has 0 bridgehead atoms. The van der Waals surface area contributed by atoms with Crippen LogP contribution in [0.25, 0.3) is 0 Å². The Labute approximate surface area is 138 Å². The van der Waals surface area contributed by atoms with Crippen LogP contribution in [-0.4, -0.2) is 17.4 Å². The van der Waals surface area contributed by atoms with Gasteiger partial charge in [0.2, 0.25) is 0 Å². The van der Waals surface area contributed by atoms with Gasteiger partial charge < -0.3 is 5.32 Å². The van der Waals surface area contributed by atoms with Crippen molar-refractivity contribution in [2.24, 2.45) is 0 Å². The molecule has 2 aromatic carbocycles. The topological polar surface area (TPSA) is 72.2 Å². The van der Waals surface area contributed by atoms with Crippen LogP contribution in [0, 0.1) is 28.9 Å². The molecular formula is C17H13ClN2O3. The van der Waals surface area contributed by atoms with Gasteiger partial charge in [-0.25, -0.2) is 0 Å². The van der Waals surface area contributed by atoms with E-state index in [9.17, 15) is 14.9 Å². The number of nitro groups is 1. The zero-order valence-corrected chi connectivity index (χ0v) is 13.1. The maximum atomic E-state index is 12.1. The summed E-state index contributed by atoms with van der Waals surface area (Å²) in [7, 11) is 0. The van der Waals surface area contributed by atoms with Gasteiger partial charge in [0, 0.05) is 27.8 Å². The second kappa shape index (κ2) is 7.43. The molecule has 0 aliphatic carbocycles. The smallest absolute Gasteiger partial charge is 0.273 e. The molecule has 1 N–H and O–H groups in total. The number of rotatable bonds is 3. The number of nitro benzene ring substituents is 1. The molecule has 0 atom stereocenters. The first-order valence-electron chi connectivity index (χ1n) is 6.75. The third-order valence-electron chi connectivity index (χ3n) is 3.14. The number of carbonyl (C=O) groups excluding carboxylic acids is 1. The minimum Gasteiger partial charge on any atom is -0.341 e. The molecule has 5 nitrogen and oxygen atoms in total. The Hall–Kier alpha value is -2.84. The van der Waals surface area contributed by atoms with Gasteiger partial charge >= 0.3 is 0 Å². The van der Waals surface area contributed by atoms with Crippen LogP contribution in [0.2, 0.25) is 5.02 Å². The van der Waals surface area contributed by atoms with E-state index in [1.807, 2.05) is 6.07 Å². The third kappa shape index (κ3) is 4.31. The fourth-order valence-electron chi connectivity index (χ4n) is 2.00. The Morgan fingerprint density at radius 2 is 2.04 bits per heavy atom. The van der Waals surface area contributed by atoms with E-state index < -0.39 is 10.8 Å². The zero-order valence-electron chi connectivity index (χ0n) is 12.3. The van der Waals surface area contributed by atoms with Crippen LogP contribution in [-0.2, 0) is 0 Å². The van der Waals surface area contributed by atoms with E-state index in [2.05, 4.69) is 17.2 Å². The Balaban J connectivity index is 2.04. The van der Waals surface area contributed by atoms with Crippen molar-refractivity contribution >= 4 is 23.2 Å². The molecule has 0 aliphatic rings. The Bertz CT molecular complexity index is 822. The van der Waals surface area contributed by atoms with Crippen LogP contribution in [0.1, 0.15) is 21.5 Å². The number of hydrogen-bond acceptors (Lipinski definition) is 3. The van der Waals surface area contributed by atoms with Gasteiger partial charge in [0.1, 0.15) is 0 Å². The van der Waals surface area contributed by atoms with Crippen molar-refractivity contribution in [2.75, 3.05) is 6.54 Å². The highest BCUT2D eigenvalue weighted by Gasteiger charge is 2.17. The summed E-state index contributed by atoms with van der Waals surface area (Å²) in [6.45, 7) is 1.68. The van der Waals surface area contributed by atoms with Gasteiger partial charge in [-0.05, 0) is 31.2 Å². The molecule has 0 fully saturated rings. The van der Waals surface area contributed by atoms with E-state index in [1.54, 1.807) is 31.2 Å². The second-order valence-corrected chi connectivity index (χ2v) is 5.14. The molecule has 116 valence electrons. The van der Waals surface area contributed by atoms with E-state index in [1.165, 1.54) is 12.1 Å². The molecule has 0 radical (unpaired) electrons. The standard InChI is InChI=1S/C17H13ClN2O3/c1-12-15(8-3-9-16(12)20(22)23)17(21)19-10-4-6-13-5-2-7-14(18)11-13/h2-3,5,7-9,11H,10H2,1H3,(H,19,21). The first kappa shape index (κ1) is 16.5. The fraction of sp³-hybridized carbons (Fsp3) is 0.118. The van der Waals surface area contributed by atoms with Crippen molar-refractivity contribution in [2.45, 2.75) is 6.92 Å². The first-order chi connectivity index (χ1) is 11.0. The molecule has 0 unspecified atom stereocenters. The molecule has 2 aromatic rings. The predicted octanol–water partition coefficient (Wildman–Crippen LogP) is 3.34. The van der Waals surface area contributed by atoms with E-state index in [-0.39, 0.29) is 17.8 Å². The van der Waals surface area contributed by atoms with E-state index in [0.29, 0.717) is 10.6 Å². The Morgan fingerprint density at radius 3 is 2.74 bits per heavy atom. The molecule has 0 heterocycles. The highest BCUT2D eigenvalue weighted by atomic mass is 35.5. The fourth-order valence-corrected chi connectivity index (χ4v) is 2.19. The Morgan fingerprint density at radius 1 is 1.30 bits per heavy atom. The van der Waals surface area contributed by atoms with Crippen LogP contribution in [0.4, 0.5) is 5.69 Å². The molecule has 0 saturated carbocycles.